The Bertz CT molecular complexity index is 1670. The lowest BCUT2D eigenvalue weighted by Gasteiger charge is -2.40. The molecule has 0 radical (unpaired) electrons. The summed E-state index contributed by atoms with van der Waals surface area (Å²) in [7, 11) is -2.15. The van der Waals surface area contributed by atoms with Crippen LogP contribution >= 0.6 is 0 Å². The number of aliphatic hydroxyl groups excluding tert-OH is 1. The Hall–Kier alpha value is -4.08. The molecule has 0 saturated carbocycles. The molecule has 0 spiro atoms. The molecule has 0 aromatic heterocycles. The molecule has 3 saturated heterocycles. The summed E-state index contributed by atoms with van der Waals surface area (Å²) in [6.45, 7) is 8.86. The third kappa shape index (κ3) is 4.22. The van der Waals surface area contributed by atoms with E-state index in [0.717, 1.165) is 48.5 Å². The zero-order valence-corrected chi connectivity index (χ0v) is 25.0. The van der Waals surface area contributed by atoms with Crippen molar-refractivity contribution in [3.05, 3.63) is 87.6 Å². The van der Waals surface area contributed by atoms with Crippen molar-refractivity contribution < 1.29 is 28.9 Å². The van der Waals surface area contributed by atoms with Gasteiger partial charge in [0.05, 0.1) is 18.6 Å². The van der Waals surface area contributed by atoms with Crippen LogP contribution < -0.4 is 10.1 Å². The zero-order valence-electron chi connectivity index (χ0n) is 24.0. The Balaban J connectivity index is 1.40. The fourth-order valence-corrected chi connectivity index (χ4v) is 9.60. The Morgan fingerprint density at radius 3 is 2.38 bits per heavy atom. The summed E-state index contributed by atoms with van der Waals surface area (Å²) >= 11 is 0. The number of hydroxylamine groups is 2. The molecular weight excluding hydrogens is 546 g/mol. The maximum absolute atomic E-state index is 13.2. The summed E-state index contributed by atoms with van der Waals surface area (Å²) in [6.07, 6.45) is 9.22. The molecule has 4 heterocycles. The Labute approximate surface area is 245 Å². The van der Waals surface area contributed by atoms with Crippen molar-refractivity contribution in [1.29, 1.82) is 0 Å². The van der Waals surface area contributed by atoms with E-state index in [1.165, 1.54) is 34.6 Å². The lowest BCUT2D eigenvalue weighted by atomic mass is 9.86. The molecule has 214 valence electrons. The second-order valence-corrected chi connectivity index (χ2v) is 16.5. The molecule has 9 heteroatoms. The maximum Gasteiger partial charge on any atom is 0.363 e. The lowest BCUT2D eigenvalue weighted by molar-refractivity contribution is -0.582. The Kier molecular flexibility index (Phi) is 6.40. The Morgan fingerprint density at radius 1 is 0.976 bits per heavy atom. The monoisotopic (exact) mass is 580 g/mol. The van der Waals surface area contributed by atoms with Gasteiger partial charge in [-0.15, -0.1) is 5.06 Å². The summed E-state index contributed by atoms with van der Waals surface area (Å²) in [5, 5.41) is 13.7. The molecule has 7 rings (SSSR count). The van der Waals surface area contributed by atoms with Crippen molar-refractivity contribution in [2.24, 2.45) is 0 Å². The number of fused-ring (bicyclic) bond motifs is 2. The number of carbonyl (C=O) groups is 3. The predicted octanol–water partition coefficient (Wildman–Crippen LogP) is 3.23. The molecule has 42 heavy (non-hydrogen) atoms. The van der Waals surface area contributed by atoms with Crippen molar-refractivity contribution in [2.45, 2.75) is 45.4 Å². The van der Waals surface area contributed by atoms with Crippen molar-refractivity contribution in [3.8, 4) is 0 Å². The summed E-state index contributed by atoms with van der Waals surface area (Å²) in [4.78, 5) is 45.0. The quantitative estimate of drug-likeness (QED) is 0.332. The number of nitrogens with zero attached hydrogens (tertiary/aromatic N) is 3. The van der Waals surface area contributed by atoms with Gasteiger partial charge in [0.1, 0.15) is 21.2 Å². The van der Waals surface area contributed by atoms with E-state index in [1.807, 2.05) is 0 Å². The maximum atomic E-state index is 13.2. The second kappa shape index (κ2) is 10.0. The SMILES string of the molecule is C[Si]1(C)C2=CC(=[N+]3CCC3)C=CC2=C(c2cc(C(=O)ON3C(=O)CCC3=O)ccc2CO)c2ccc(N3CCC3)cc21. The van der Waals surface area contributed by atoms with Crippen molar-refractivity contribution in [1.82, 2.24) is 5.06 Å². The molecule has 4 aliphatic heterocycles. The standard InChI is InChI=1S/C33H34N3O5Si/c1-42(2)28-18-23(34-13-3-14-34)7-9-25(28)32(26-10-8-24(19-29(26)42)35-15-4-16-35)27-17-21(5-6-22(27)20-37)33(40)41-36-30(38)11-12-31(36)39/h5-10,17-19,37H,3-4,11-16,20H2,1-2H3/q+1. The number of benzene rings is 2. The summed E-state index contributed by atoms with van der Waals surface area (Å²) in [5.74, 6) is -1.82. The highest BCUT2D eigenvalue weighted by atomic mass is 28.3. The fraction of sp³-hybridized carbons (Fsp3) is 0.333. The largest absolute Gasteiger partial charge is 0.392 e. The van der Waals surface area contributed by atoms with Crippen molar-refractivity contribution in [2.75, 3.05) is 31.1 Å². The molecule has 1 N–H and O–H groups in total. The van der Waals surface area contributed by atoms with E-state index in [9.17, 15) is 19.5 Å². The minimum atomic E-state index is -2.15. The van der Waals surface area contributed by atoms with Crippen LogP contribution in [0.3, 0.4) is 0 Å². The van der Waals surface area contributed by atoms with E-state index in [-0.39, 0.29) is 25.0 Å². The van der Waals surface area contributed by atoms with Crippen LogP contribution in [0.25, 0.3) is 5.57 Å². The van der Waals surface area contributed by atoms with Gasteiger partial charge in [0.25, 0.3) is 11.8 Å². The third-order valence-electron chi connectivity index (χ3n) is 9.30. The number of aliphatic hydroxyl groups is 1. The highest BCUT2D eigenvalue weighted by molar-refractivity contribution is 6.98. The molecule has 0 bridgehead atoms. The number of anilines is 1. The van der Waals surface area contributed by atoms with Gasteiger partial charge in [0.15, 0.2) is 5.71 Å². The van der Waals surface area contributed by atoms with E-state index in [1.54, 1.807) is 18.2 Å². The number of amides is 2. The van der Waals surface area contributed by atoms with Gasteiger partial charge in [-0.2, -0.15) is 0 Å². The predicted molar refractivity (Wildman–Crippen MR) is 162 cm³/mol. The van der Waals surface area contributed by atoms with Crippen LogP contribution in [0.1, 0.15) is 52.7 Å². The number of allylic oxidation sites excluding steroid dienone is 5. The molecule has 5 aliphatic rings. The first-order valence-corrected chi connectivity index (χ1v) is 17.7. The zero-order chi connectivity index (χ0) is 29.2. The summed E-state index contributed by atoms with van der Waals surface area (Å²) in [5.41, 5.74) is 7.32. The van der Waals surface area contributed by atoms with Crippen LogP contribution in [0.2, 0.25) is 13.1 Å². The Morgan fingerprint density at radius 2 is 1.74 bits per heavy atom. The van der Waals surface area contributed by atoms with Crippen LogP contribution in [0.5, 0.6) is 0 Å². The number of rotatable bonds is 5. The average molecular weight is 581 g/mol. The third-order valence-corrected chi connectivity index (χ3v) is 12.8. The van der Waals surface area contributed by atoms with Gasteiger partial charge in [-0.25, -0.2) is 9.37 Å². The first-order valence-electron chi connectivity index (χ1n) is 14.7. The van der Waals surface area contributed by atoms with E-state index >= 15 is 0 Å². The van der Waals surface area contributed by atoms with E-state index in [0.29, 0.717) is 10.6 Å². The van der Waals surface area contributed by atoms with Gasteiger partial charge >= 0.3 is 5.97 Å². The van der Waals surface area contributed by atoms with Gasteiger partial charge < -0.3 is 14.8 Å². The number of hydrogen-bond donors (Lipinski definition) is 1. The van der Waals surface area contributed by atoms with Crippen LogP contribution in [-0.2, 0) is 21.0 Å². The average Bonchev–Trinajstić information content (AvgIpc) is 3.24. The molecule has 2 aromatic rings. The smallest absolute Gasteiger partial charge is 0.363 e. The minimum Gasteiger partial charge on any atom is -0.392 e. The first kappa shape index (κ1) is 26.8. The molecule has 3 fully saturated rings. The molecule has 0 atom stereocenters. The van der Waals surface area contributed by atoms with E-state index < -0.39 is 25.9 Å². The van der Waals surface area contributed by atoms with E-state index in [4.69, 9.17) is 4.84 Å². The molecule has 1 aliphatic carbocycles. The van der Waals surface area contributed by atoms with Crippen LogP contribution in [0.15, 0.2) is 65.4 Å². The normalized spacial score (nSPS) is 20.7. The lowest BCUT2D eigenvalue weighted by Crippen LogP contribution is -2.50. The first-order chi connectivity index (χ1) is 20.3. The van der Waals surface area contributed by atoms with Crippen LogP contribution in [0, 0.1) is 0 Å². The van der Waals surface area contributed by atoms with Crippen LogP contribution in [-0.4, -0.2) is 72.5 Å². The second-order valence-electron chi connectivity index (χ2n) is 12.1. The van der Waals surface area contributed by atoms with Gasteiger partial charge in [0, 0.05) is 43.8 Å². The van der Waals surface area contributed by atoms with Gasteiger partial charge in [-0.3, -0.25) is 9.59 Å². The number of imide groups is 1. The van der Waals surface area contributed by atoms with Gasteiger partial charge in [0.2, 0.25) is 0 Å². The van der Waals surface area contributed by atoms with E-state index in [2.05, 4.69) is 59.0 Å². The number of hydrogen-bond acceptors (Lipinski definition) is 6. The van der Waals surface area contributed by atoms with Gasteiger partial charge in [-0.05, 0) is 75.0 Å². The summed E-state index contributed by atoms with van der Waals surface area (Å²) < 4.78 is 2.41. The van der Waals surface area contributed by atoms with Gasteiger partial charge in [-0.1, -0.05) is 25.2 Å². The minimum absolute atomic E-state index is 0.0326. The highest BCUT2D eigenvalue weighted by Crippen LogP contribution is 2.43. The van der Waals surface area contributed by atoms with Crippen LogP contribution in [0.4, 0.5) is 5.69 Å². The number of carbonyl (C=O) groups excluding carboxylic acids is 3. The van der Waals surface area contributed by atoms with Crippen molar-refractivity contribution >= 4 is 48.0 Å². The molecule has 2 aromatic carbocycles. The molecular formula is C33H34N3O5Si+. The highest BCUT2D eigenvalue weighted by Gasteiger charge is 2.42. The molecule has 0 unspecified atom stereocenters. The fourth-order valence-electron chi connectivity index (χ4n) is 6.52. The topological polar surface area (TPSA) is 90.2 Å². The molecule has 2 amide bonds. The van der Waals surface area contributed by atoms with Crippen molar-refractivity contribution in [3.63, 3.8) is 0 Å². The molecule has 8 nitrogen and oxygen atoms in total. The summed E-state index contributed by atoms with van der Waals surface area (Å²) in [6, 6.07) is 11.8.